The van der Waals surface area contributed by atoms with Crippen LogP contribution in [0.2, 0.25) is 0 Å². The number of hydrogen-bond donors (Lipinski definition) is 2. The molecule has 0 spiro atoms. The maximum atomic E-state index is 12.4. The van der Waals surface area contributed by atoms with Gasteiger partial charge in [-0.05, 0) is 48.7 Å². The number of carboxylic acids is 1. The summed E-state index contributed by atoms with van der Waals surface area (Å²) in [6.45, 7) is 5.11. The molecular weight excluding hydrogens is 388 g/mol. The van der Waals surface area contributed by atoms with E-state index in [-0.39, 0.29) is 0 Å². The van der Waals surface area contributed by atoms with Crippen LogP contribution in [0.3, 0.4) is 0 Å². The van der Waals surface area contributed by atoms with E-state index in [1.165, 1.54) is 20.4 Å². The van der Waals surface area contributed by atoms with Crippen molar-refractivity contribution in [2.45, 2.75) is 13.3 Å². The van der Waals surface area contributed by atoms with Gasteiger partial charge in [0.2, 0.25) is 0 Å². The quantitative estimate of drug-likeness (QED) is 0.353. The highest BCUT2D eigenvalue weighted by molar-refractivity contribution is 5.97. The molecule has 0 aliphatic rings. The summed E-state index contributed by atoms with van der Waals surface area (Å²) < 4.78 is 15.9. The molecule has 158 valence electrons. The third-order valence-electron chi connectivity index (χ3n) is 4.06. The molecule has 0 saturated carbocycles. The fraction of sp³-hybridized carbons (Fsp3) is 0.227. The summed E-state index contributed by atoms with van der Waals surface area (Å²) in [6.07, 6.45) is 3.54. The number of aryl methyl sites for hydroxylation is 1. The summed E-state index contributed by atoms with van der Waals surface area (Å²) in [6, 6.07) is 8.62. The maximum Gasteiger partial charge on any atom is 0.341 e. The van der Waals surface area contributed by atoms with Crippen molar-refractivity contribution in [1.29, 1.82) is 0 Å². The number of carbonyl (C=O) groups is 2. The Morgan fingerprint density at radius 3 is 2.53 bits per heavy atom. The van der Waals surface area contributed by atoms with Crippen LogP contribution in [0.4, 0.5) is 0 Å². The van der Waals surface area contributed by atoms with E-state index >= 15 is 0 Å². The monoisotopic (exact) mass is 412 g/mol. The first-order valence-corrected chi connectivity index (χ1v) is 9.04. The van der Waals surface area contributed by atoms with Crippen LogP contribution in [0, 0.1) is 6.92 Å². The lowest BCUT2D eigenvalue weighted by molar-refractivity contribution is -0.139. The summed E-state index contributed by atoms with van der Waals surface area (Å²) in [7, 11) is 2.95. The molecule has 0 bridgehead atoms. The number of carboxylic acid groups (broad SMARTS) is 1. The first kappa shape index (κ1) is 22.5. The normalized spacial score (nSPS) is 10.5. The van der Waals surface area contributed by atoms with Crippen molar-refractivity contribution in [3.8, 4) is 17.2 Å². The number of nitrogens with zero attached hydrogens (tertiary/aromatic N) is 1. The molecule has 8 nitrogen and oxygen atoms in total. The van der Waals surface area contributed by atoms with E-state index in [1.54, 1.807) is 30.3 Å². The van der Waals surface area contributed by atoms with Crippen molar-refractivity contribution in [2.75, 3.05) is 20.8 Å². The summed E-state index contributed by atoms with van der Waals surface area (Å²) >= 11 is 0. The Hall–Kier alpha value is -3.81. The van der Waals surface area contributed by atoms with Gasteiger partial charge < -0.3 is 19.3 Å². The molecule has 0 unspecified atom stereocenters. The number of hydrogen-bond acceptors (Lipinski definition) is 6. The Balaban J connectivity index is 2.23. The van der Waals surface area contributed by atoms with Crippen LogP contribution in [0.25, 0.3) is 0 Å². The van der Waals surface area contributed by atoms with Crippen molar-refractivity contribution in [3.05, 3.63) is 65.2 Å². The second kappa shape index (κ2) is 10.7. The predicted octanol–water partition coefficient (Wildman–Crippen LogP) is 2.97. The number of methoxy groups -OCH3 is 2. The molecule has 0 aliphatic heterocycles. The minimum absolute atomic E-state index is 0.324. The van der Waals surface area contributed by atoms with Crippen LogP contribution in [-0.4, -0.2) is 44.0 Å². The molecule has 0 heterocycles. The van der Waals surface area contributed by atoms with E-state index in [2.05, 4.69) is 17.1 Å². The van der Waals surface area contributed by atoms with Gasteiger partial charge in [-0.2, -0.15) is 5.10 Å². The molecule has 8 heteroatoms. The van der Waals surface area contributed by atoms with Gasteiger partial charge in [0.1, 0.15) is 5.75 Å². The maximum absolute atomic E-state index is 12.4. The van der Waals surface area contributed by atoms with Crippen molar-refractivity contribution in [3.63, 3.8) is 0 Å². The highest BCUT2D eigenvalue weighted by Gasteiger charge is 2.14. The lowest BCUT2D eigenvalue weighted by atomic mass is 10.1. The van der Waals surface area contributed by atoms with E-state index in [1.807, 2.05) is 13.0 Å². The fourth-order valence-electron chi connectivity index (χ4n) is 2.73. The van der Waals surface area contributed by atoms with Gasteiger partial charge in [0, 0.05) is 5.56 Å². The molecule has 0 aromatic heterocycles. The molecule has 0 aliphatic carbocycles. The standard InChI is InChI=1S/C22H24N2O6/c1-5-6-16-10-15(11-19(29-4)21(16)30-13-20(25)26)12-23-24-22(27)17-8-7-14(2)9-18(17)28-3/h5,7-12H,1,6,13H2,2-4H3,(H,24,27)(H,25,26)/b23-12-. The number of carbonyl (C=O) groups excluding carboxylic acids is 1. The third-order valence-corrected chi connectivity index (χ3v) is 4.06. The smallest absolute Gasteiger partial charge is 0.341 e. The number of nitrogens with one attached hydrogen (secondary N) is 1. The molecule has 2 rings (SSSR count). The Bertz CT molecular complexity index is 968. The lowest BCUT2D eigenvalue weighted by Gasteiger charge is -2.14. The molecule has 0 fully saturated rings. The summed E-state index contributed by atoms with van der Waals surface area (Å²) in [5.41, 5.74) is 5.11. The van der Waals surface area contributed by atoms with E-state index in [4.69, 9.17) is 19.3 Å². The zero-order valence-corrected chi connectivity index (χ0v) is 17.1. The van der Waals surface area contributed by atoms with Crippen LogP contribution in [-0.2, 0) is 11.2 Å². The molecule has 0 radical (unpaired) electrons. The Labute approximate surface area is 174 Å². The number of hydrazone groups is 1. The second-order valence-electron chi connectivity index (χ2n) is 6.29. The van der Waals surface area contributed by atoms with Gasteiger partial charge in [0.25, 0.3) is 5.91 Å². The van der Waals surface area contributed by atoms with Crippen LogP contribution < -0.4 is 19.6 Å². The molecule has 0 saturated heterocycles. The Kier molecular flexibility index (Phi) is 7.99. The molecule has 30 heavy (non-hydrogen) atoms. The highest BCUT2D eigenvalue weighted by atomic mass is 16.5. The molecular formula is C22H24N2O6. The highest BCUT2D eigenvalue weighted by Crippen LogP contribution is 2.33. The van der Waals surface area contributed by atoms with E-state index < -0.39 is 18.5 Å². The number of allylic oxidation sites excluding steroid dienone is 1. The predicted molar refractivity (Wildman–Crippen MR) is 113 cm³/mol. The Morgan fingerprint density at radius 2 is 1.90 bits per heavy atom. The number of aliphatic carboxylic acids is 1. The molecule has 2 aromatic carbocycles. The van der Waals surface area contributed by atoms with Crippen molar-refractivity contribution in [1.82, 2.24) is 5.43 Å². The van der Waals surface area contributed by atoms with Crippen molar-refractivity contribution >= 4 is 18.1 Å². The molecule has 2 N–H and O–H groups in total. The summed E-state index contributed by atoms with van der Waals surface area (Å²) in [4.78, 5) is 23.2. The Morgan fingerprint density at radius 1 is 1.17 bits per heavy atom. The van der Waals surface area contributed by atoms with Gasteiger partial charge in [0.15, 0.2) is 18.1 Å². The van der Waals surface area contributed by atoms with Crippen molar-refractivity contribution < 1.29 is 28.9 Å². The van der Waals surface area contributed by atoms with E-state index in [9.17, 15) is 9.59 Å². The van der Waals surface area contributed by atoms with Gasteiger partial charge >= 0.3 is 5.97 Å². The minimum atomic E-state index is -1.10. The van der Waals surface area contributed by atoms with Gasteiger partial charge in [-0.15, -0.1) is 6.58 Å². The van der Waals surface area contributed by atoms with Crippen LogP contribution in [0.15, 0.2) is 48.1 Å². The summed E-state index contributed by atoms with van der Waals surface area (Å²) in [5, 5.41) is 12.9. The van der Waals surface area contributed by atoms with Crippen LogP contribution in [0.1, 0.15) is 27.0 Å². The number of rotatable bonds is 10. The second-order valence-corrected chi connectivity index (χ2v) is 6.29. The van der Waals surface area contributed by atoms with Crippen molar-refractivity contribution in [2.24, 2.45) is 5.10 Å². The van der Waals surface area contributed by atoms with Gasteiger partial charge in [-0.1, -0.05) is 12.1 Å². The minimum Gasteiger partial charge on any atom is -0.496 e. The first-order valence-electron chi connectivity index (χ1n) is 9.04. The third kappa shape index (κ3) is 5.84. The average Bonchev–Trinajstić information content (AvgIpc) is 2.72. The molecule has 2 aromatic rings. The number of benzene rings is 2. The van der Waals surface area contributed by atoms with Crippen LogP contribution in [0.5, 0.6) is 17.2 Å². The SMILES string of the molecule is C=CCc1cc(/C=N\NC(=O)c2ccc(C)cc2OC)cc(OC)c1OCC(=O)O. The molecule has 1 amide bonds. The largest absolute Gasteiger partial charge is 0.496 e. The topological polar surface area (TPSA) is 106 Å². The average molecular weight is 412 g/mol. The summed E-state index contributed by atoms with van der Waals surface area (Å²) in [5.74, 6) is -0.379. The molecule has 0 atom stereocenters. The van der Waals surface area contributed by atoms with Gasteiger partial charge in [-0.25, -0.2) is 10.2 Å². The van der Waals surface area contributed by atoms with E-state index in [0.29, 0.717) is 40.4 Å². The fourth-order valence-corrected chi connectivity index (χ4v) is 2.73. The van der Waals surface area contributed by atoms with E-state index in [0.717, 1.165) is 5.56 Å². The number of ether oxygens (including phenoxy) is 3. The van der Waals surface area contributed by atoms with Crippen LogP contribution >= 0.6 is 0 Å². The zero-order chi connectivity index (χ0) is 22.1. The van der Waals surface area contributed by atoms with Gasteiger partial charge in [0.05, 0.1) is 26.0 Å². The lowest BCUT2D eigenvalue weighted by Crippen LogP contribution is -2.18. The first-order chi connectivity index (χ1) is 14.4. The van der Waals surface area contributed by atoms with Gasteiger partial charge in [-0.3, -0.25) is 4.79 Å². The number of amides is 1. The zero-order valence-electron chi connectivity index (χ0n) is 17.1.